The minimum atomic E-state index is 0.422. The lowest BCUT2D eigenvalue weighted by molar-refractivity contribution is 0.271. The van der Waals surface area contributed by atoms with Crippen LogP contribution in [0.15, 0.2) is 24.3 Å². The summed E-state index contributed by atoms with van der Waals surface area (Å²) in [6.45, 7) is 2.25. The van der Waals surface area contributed by atoms with Crippen LogP contribution < -0.4 is 10.6 Å². The van der Waals surface area contributed by atoms with Crippen LogP contribution in [0, 0.1) is 0 Å². The lowest BCUT2D eigenvalue weighted by atomic mass is 9.81. The van der Waals surface area contributed by atoms with Crippen molar-refractivity contribution in [3.05, 3.63) is 29.8 Å². The van der Waals surface area contributed by atoms with Crippen LogP contribution in [0.5, 0.6) is 0 Å². The lowest BCUT2D eigenvalue weighted by Gasteiger charge is -2.50. The van der Waals surface area contributed by atoms with Gasteiger partial charge in [-0.2, -0.15) is 0 Å². The molecule has 2 aliphatic heterocycles. The molecule has 0 radical (unpaired) electrons. The van der Waals surface area contributed by atoms with Gasteiger partial charge in [0.25, 0.3) is 0 Å². The van der Waals surface area contributed by atoms with Crippen molar-refractivity contribution in [3.63, 3.8) is 0 Å². The summed E-state index contributed by atoms with van der Waals surface area (Å²) >= 11 is 0. The summed E-state index contributed by atoms with van der Waals surface area (Å²) in [5.74, 6) is 0. The van der Waals surface area contributed by atoms with E-state index in [1.165, 1.54) is 43.4 Å². The number of hydrogen-bond donors (Lipinski definition) is 1. The summed E-state index contributed by atoms with van der Waals surface area (Å²) < 4.78 is 0. The molecule has 2 fully saturated rings. The predicted octanol–water partition coefficient (Wildman–Crippen LogP) is 3.10. The Balaban J connectivity index is 1.95. The Kier molecular flexibility index (Phi) is 3.29. The molecule has 1 aromatic rings. The van der Waals surface area contributed by atoms with Gasteiger partial charge >= 0.3 is 0 Å². The summed E-state index contributed by atoms with van der Waals surface area (Å²) in [7, 11) is 0. The Labute approximate surface area is 110 Å². The van der Waals surface area contributed by atoms with Gasteiger partial charge in [-0.05, 0) is 50.2 Å². The fourth-order valence-corrected chi connectivity index (χ4v) is 3.88. The van der Waals surface area contributed by atoms with Crippen LogP contribution >= 0.6 is 0 Å². The van der Waals surface area contributed by atoms with E-state index in [-0.39, 0.29) is 0 Å². The molecule has 2 aliphatic rings. The van der Waals surface area contributed by atoms with E-state index < -0.39 is 0 Å². The Morgan fingerprint density at radius 3 is 2.50 bits per heavy atom. The molecule has 0 spiro atoms. The largest absolute Gasteiger partial charge is 0.365 e. The summed E-state index contributed by atoms with van der Waals surface area (Å²) in [4.78, 5) is 2.70. The average Bonchev–Trinajstić information content (AvgIpc) is 2.37. The number of para-hydroxylation sites is 1. The van der Waals surface area contributed by atoms with Crippen molar-refractivity contribution in [2.24, 2.45) is 5.73 Å². The minimum absolute atomic E-state index is 0.422. The summed E-state index contributed by atoms with van der Waals surface area (Å²) in [6, 6.07) is 10.7. The van der Waals surface area contributed by atoms with Crippen molar-refractivity contribution in [2.45, 2.75) is 63.6 Å². The van der Waals surface area contributed by atoms with Crippen LogP contribution in [0.3, 0.4) is 0 Å². The van der Waals surface area contributed by atoms with Crippen molar-refractivity contribution in [1.82, 2.24) is 0 Å². The van der Waals surface area contributed by atoms with Crippen molar-refractivity contribution >= 4 is 5.69 Å². The molecule has 2 heteroatoms. The summed E-state index contributed by atoms with van der Waals surface area (Å²) in [5, 5.41) is 0. The second-order valence-corrected chi connectivity index (χ2v) is 5.86. The number of nitrogens with zero attached hydrogens (tertiary/aromatic N) is 1. The smallest absolute Gasteiger partial charge is 0.0403 e. The molecule has 0 amide bonds. The molecule has 0 saturated carbocycles. The topological polar surface area (TPSA) is 29.3 Å². The Morgan fingerprint density at radius 2 is 1.83 bits per heavy atom. The number of hydrogen-bond acceptors (Lipinski definition) is 2. The molecule has 2 N–H and O–H groups in total. The van der Waals surface area contributed by atoms with E-state index in [1.54, 1.807) is 0 Å². The average molecular weight is 244 g/mol. The Hall–Kier alpha value is -1.02. The maximum atomic E-state index is 6.21. The van der Waals surface area contributed by atoms with Crippen molar-refractivity contribution in [2.75, 3.05) is 4.90 Å². The van der Waals surface area contributed by atoms with Gasteiger partial charge in [-0.3, -0.25) is 0 Å². The van der Waals surface area contributed by atoms with Crippen LogP contribution in [-0.4, -0.2) is 18.1 Å². The molecule has 1 aromatic carbocycles. The number of rotatable bonds is 2. The molecule has 98 valence electrons. The lowest BCUT2D eigenvalue weighted by Crippen LogP contribution is -2.55. The zero-order valence-corrected chi connectivity index (χ0v) is 11.3. The van der Waals surface area contributed by atoms with Crippen LogP contribution in [0.1, 0.15) is 44.6 Å². The van der Waals surface area contributed by atoms with Crippen molar-refractivity contribution in [3.8, 4) is 0 Å². The zero-order chi connectivity index (χ0) is 12.5. The molecule has 0 aliphatic carbocycles. The first-order valence-electron chi connectivity index (χ1n) is 7.41. The number of nitrogens with two attached hydrogens (primary N) is 1. The molecule has 18 heavy (non-hydrogen) atoms. The molecular weight excluding hydrogens is 220 g/mol. The highest BCUT2D eigenvalue weighted by Gasteiger charge is 2.37. The second-order valence-electron chi connectivity index (χ2n) is 5.86. The Bertz CT molecular complexity index is 401. The minimum Gasteiger partial charge on any atom is -0.365 e. The Morgan fingerprint density at radius 1 is 1.17 bits per heavy atom. The van der Waals surface area contributed by atoms with E-state index in [0.29, 0.717) is 18.1 Å². The monoisotopic (exact) mass is 244 g/mol. The maximum Gasteiger partial charge on any atom is 0.0403 e. The van der Waals surface area contributed by atoms with Gasteiger partial charge in [0.2, 0.25) is 0 Å². The number of benzene rings is 1. The highest BCUT2D eigenvalue weighted by atomic mass is 15.2. The zero-order valence-electron chi connectivity index (χ0n) is 11.3. The van der Waals surface area contributed by atoms with Gasteiger partial charge in [0, 0.05) is 23.8 Å². The van der Waals surface area contributed by atoms with Gasteiger partial charge in [0.1, 0.15) is 0 Å². The molecule has 2 atom stereocenters. The SMILES string of the molecule is CCc1ccccc1N1C2CCCC1CC(N)C2. The molecule has 2 bridgehead atoms. The van der Waals surface area contributed by atoms with Crippen LogP contribution in [0.25, 0.3) is 0 Å². The van der Waals surface area contributed by atoms with E-state index in [0.717, 1.165) is 6.42 Å². The fourth-order valence-electron chi connectivity index (χ4n) is 3.88. The van der Waals surface area contributed by atoms with Crippen molar-refractivity contribution < 1.29 is 0 Å². The molecule has 0 aromatic heterocycles. The van der Waals surface area contributed by atoms with Gasteiger partial charge < -0.3 is 10.6 Å². The number of fused-ring (bicyclic) bond motifs is 2. The van der Waals surface area contributed by atoms with Crippen LogP contribution in [-0.2, 0) is 6.42 Å². The molecule has 2 saturated heterocycles. The molecule has 2 heterocycles. The highest BCUT2D eigenvalue weighted by Crippen LogP contribution is 2.38. The first-order chi connectivity index (χ1) is 8.79. The van der Waals surface area contributed by atoms with Crippen LogP contribution in [0.4, 0.5) is 5.69 Å². The van der Waals surface area contributed by atoms with Gasteiger partial charge in [-0.15, -0.1) is 0 Å². The van der Waals surface area contributed by atoms with Crippen molar-refractivity contribution in [1.29, 1.82) is 0 Å². The second kappa shape index (κ2) is 4.93. The van der Waals surface area contributed by atoms with Gasteiger partial charge in [0.15, 0.2) is 0 Å². The number of aryl methyl sites for hydroxylation is 1. The standard InChI is InChI=1S/C16H24N2/c1-2-12-6-3-4-9-16(12)18-14-7-5-8-15(18)11-13(17)10-14/h3-4,6,9,13-15H,2,5,7-8,10-11,17H2,1H3. The van der Waals surface area contributed by atoms with E-state index >= 15 is 0 Å². The third-order valence-corrected chi connectivity index (χ3v) is 4.66. The van der Waals surface area contributed by atoms with E-state index in [1.807, 2.05) is 0 Å². The molecule has 3 rings (SSSR count). The van der Waals surface area contributed by atoms with Crippen LogP contribution in [0.2, 0.25) is 0 Å². The quantitative estimate of drug-likeness (QED) is 0.866. The third kappa shape index (κ3) is 2.03. The summed E-state index contributed by atoms with van der Waals surface area (Å²) in [5.41, 5.74) is 9.17. The van der Waals surface area contributed by atoms with E-state index in [2.05, 4.69) is 36.1 Å². The number of piperidine rings is 2. The molecule has 2 unspecified atom stereocenters. The summed E-state index contributed by atoms with van der Waals surface area (Å²) in [6.07, 6.45) is 7.50. The van der Waals surface area contributed by atoms with E-state index in [9.17, 15) is 0 Å². The predicted molar refractivity (Wildman–Crippen MR) is 76.9 cm³/mol. The van der Waals surface area contributed by atoms with E-state index in [4.69, 9.17) is 5.73 Å². The normalized spacial score (nSPS) is 31.4. The van der Waals surface area contributed by atoms with Gasteiger partial charge in [-0.25, -0.2) is 0 Å². The molecule has 2 nitrogen and oxygen atoms in total. The number of anilines is 1. The first kappa shape index (κ1) is 12.0. The maximum absolute atomic E-state index is 6.21. The fraction of sp³-hybridized carbons (Fsp3) is 0.625. The highest BCUT2D eigenvalue weighted by molar-refractivity contribution is 5.56. The molecular formula is C16H24N2. The van der Waals surface area contributed by atoms with Gasteiger partial charge in [0.05, 0.1) is 0 Å². The van der Waals surface area contributed by atoms with Gasteiger partial charge in [-0.1, -0.05) is 25.1 Å². The third-order valence-electron chi connectivity index (χ3n) is 4.66. The first-order valence-corrected chi connectivity index (χ1v) is 7.41.